The van der Waals surface area contributed by atoms with Gasteiger partial charge in [0.2, 0.25) is 0 Å². The van der Waals surface area contributed by atoms with Crippen LogP contribution >= 0.6 is 0 Å². The van der Waals surface area contributed by atoms with Crippen LogP contribution in [0.25, 0.3) is 0 Å². The van der Waals surface area contributed by atoms with Crippen molar-refractivity contribution in [3.8, 4) is 0 Å². The zero-order chi connectivity index (χ0) is 14.7. The molecule has 0 aromatic carbocycles. The lowest BCUT2D eigenvalue weighted by atomic mass is 10.3. The van der Waals surface area contributed by atoms with Gasteiger partial charge in [-0.15, -0.1) is 0 Å². The number of aromatic carboxylic acids is 1. The highest BCUT2D eigenvalue weighted by Crippen LogP contribution is 2.06. The number of carboxylic acids is 1. The predicted molar refractivity (Wildman–Crippen MR) is 67.7 cm³/mol. The molecule has 0 aliphatic rings. The molecule has 2 rings (SSSR count). The first kappa shape index (κ1) is 13.4. The Morgan fingerprint density at radius 1 is 1.40 bits per heavy atom. The van der Waals surface area contributed by atoms with Crippen molar-refractivity contribution >= 4 is 11.7 Å². The molecule has 0 spiro atoms. The molecular weight excluding hydrogens is 266 g/mol. The Bertz CT molecular complexity index is 738. The number of hydrogen-bond donors (Lipinski definition) is 1. The summed E-state index contributed by atoms with van der Waals surface area (Å²) >= 11 is 0. The van der Waals surface area contributed by atoms with Gasteiger partial charge in [0.15, 0.2) is 0 Å². The molecule has 2 aromatic heterocycles. The lowest BCUT2D eigenvalue weighted by Gasteiger charge is -2.06. The Morgan fingerprint density at radius 2 is 2.15 bits per heavy atom. The Morgan fingerprint density at radius 3 is 2.80 bits per heavy atom. The van der Waals surface area contributed by atoms with Crippen LogP contribution in [-0.2, 0) is 6.54 Å². The summed E-state index contributed by atoms with van der Waals surface area (Å²) in [5, 5.41) is 19.5. The van der Waals surface area contributed by atoms with E-state index in [1.807, 2.05) is 0 Å². The van der Waals surface area contributed by atoms with Crippen molar-refractivity contribution in [3.63, 3.8) is 0 Å². The van der Waals surface area contributed by atoms with E-state index in [4.69, 9.17) is 5.11 Å². The van der Waals surface area contributed by atoms with Crippen LogP contribution in [0.2, 0.25) is 0 Å². The van der Waals surface area contributed by atoms with Crippen LogP contribution in [0.3, 0.4) is 0 Å². The lowest BCUT2D eigenvalue weighted by molar-refractivity contribution is -0.386. The molecule has 0 saturated heterocycles. The number of carbonyl (C=O) groups is 1. The van der Waals surface area contributed by atoms with Crippen LogP contribution in [-0.4, -0.2) is 25.6 Å². The Labute approximate surface area is 112 Å². The van der Waals surface area contributed by atoms with E-state index in [1.165, 1.54) is 22.9 Å². The monoisotopic (exact) mass is 275 g/mol. The Kier molecular flexibility index (Phi) is 3.56. The third kappa shape index (κ3) is 2.86. The summed E-state index contributed by atoms with van der Waals surface area (Å²) in [4.78, 5) is 35.9. The molecule has 0 saturated carbocycles. The maximum atomic E-state index is 11.3. The largest absolute Gasteiger partial charge is 0.477 e. The molecule has 0 aliphatic heterocycles. The third-order valence-electron chi connectivity index (χ3n) is 2.53. The van der Waals surface area contributed by atoms with Crippen LogP contribution in [0.15, 0.2) is 41.5 Å². The molecule has 0 aliphatic carbocycles. The fraction of sp³-hybridized carbons (Fsp3) is 0.0833. The highest BCUT2D eigenvalue weighted by atomic mass is 16.6. The summed E-state index contributed by atoms with van der Waals surface area (Å²) in [6.07, 6.45) is 2.47. The van der Waals surface area contributed by atoms with E-state index < -0.39 is 22.0 Å². The fourth-order valence-corrected chi connectivity index (χ4v) is 1.62. The number of pyridine rings is 2. The number of hydrogen-bond acceptors (Lipinski definition) is 5. The number of rotatable bonds is 4. The van der Waals surface area contributed by atoms with Crippen molar-refractivity contribution < 1.29 is 14.8 Å². The summed E-state index contributed by atoms with van der Waals surface area (Å²) in [5.74, 6) is -1.15. The van der Waals surface area contributed by atoms with Gasteiger partial charge >= 0.3 is 11.7 Å². The zero-order valence-corrected chi connectivity index (χ0v) is 10.1. The summed E-state index contributed by atoms with van der Waals surface area (Å²) in [6, 6.07) is 5.55. The lowest BCUT2D eigenvalue weighted by Crippen LogP contribution is -2.12. The topological polar surface area (TPSA) is 115 Å². The second-order valence-electron chi connectivity index (χ2n) is 3.94. The molecule has 2 heterocycles. The summed E-state index contributed by atoms with van der Waals surface area (Å²) in [6.45, 7) is 0.127. The van der Waals surface area contributed by atoms with E-state index in [0.717, 1.165) is 12.3 Å². The van der Waals surface area contributed by atoms with E-state index in [0.29, 0.717) is 5.69 Å². The summed E-state index contributed by atoms with van der Waals surface area (Å²) in [7, 11) is 0. The molecule has 20 heavy (non-hydrogen) atoms. The molecular formula is C12H9N3O5. The van der Waals surface area contributed by atoms with Crippen molar-refractivity contribution in [2.24, 2.45) is 0 Å². The summed E-state index contributed by atoms with van der Waals surface area (Å²) < 4.78 is 1.40. The van der Waals surface area contributed by atoms with Crippen molar-refractivity contribution in [3.05, 3.63) is 68.4 Å². The summed E-state index contributed by atoms with van der Waals surface area (Å²) in [5.41, 5.74) is -0.915. The van der Waals surface area contributed by atoms with Gasteiger partial charge in [0.25, 0.3) is 5.43 Å². The van der Waals surface area contributed by atoms with Crippen LogP contribution in [0.5, 0.6) is 0 Å². The van der Waals surface area contributed by atoms with Gasteiger partial charge in [-0.25, -0.2) is 9.78 Å². The van der Waals surface area contributed by atoms with Crippen molar-refractivity contribution in [2.75, 3.05) is 0 Å². The van der Waals surface area contributed by atoms with Gasteiger partial charge in [-0.05, 0) is 12.1 Å². The molecule has 8 heteroatoms. The average Bonchev–Trinajstić information content (AvgIpc) is 2.41. The fourth-order valence-electron chi connectivity index (χ4n) is 1.62. The van der Waals surface area contributed by atoms with Crippen LogP contribution in [0, 0.1) is 10.1 Å². The van der Waals surface area contributed by atoms with Crippen molar-refractivity contribution in [2.45, 2.75) is 6.54 Å². The SMILES string of the molecule is O=C(O)c1cccc(Cn2ccc(=O)c([N+](=O)[O-])c2)n1. The highest BCUT2D eigenvalue weighted by Gasteiger charge is 2.12. The van der Waals surface area contributed by atoms with E-state index in [1.54, 1.807) is 6.07 Å². The maximum Gasteiger partial charge on any atom is 0.354 e. The minimum absolute atomic E-state index is 0.113. The normalized spacial score (nSPS) is 10.2. The molecule has 0 amide bonds. The molecule has 0 bridgehead atoms. The standard InChI is InChI=1S/C12H9N3O5/c16-11-4-5-14(7-10(11)15(19)20)6-8-2-1-3-9(13-8)12(17)18/h1-5,7H,6H2,(H,17,18). The van der Waals surface area contributed by atoms with Gasteiger partial charge in [0.05, 0.1) is 23.4 Å². The third-order valence-corrected chi connectivity index (χ3v) is 2.53. The van der Waals surface area contributed by atoms with E-state index in [2.05, 4.69) is 4.98 Å². The smallest absolute Gasteiger partial charge is 0.354 e. The first-order valence-electron chi connectivity index (χ1n) is 5.51. The van der Waals surface area contributed by atoms with Gasteiger partial charge in [0.1, 0.15) is 5.69 Å². The first-order chi connectivity index (χ1) is 9.47. The minimum Gasteiger partial charge on any atom is -0.477 e. The molecule has 102 valence electrons. The second-order valence-corrected chi connectivity index (χ2v) is 3.94. The maximum absolute atomic E-state index is 11.3. The van der Waals surface area contributed by atoms with E-state index >= 15 is 0 Å². The van der Waals surface area contributed by atoms with Gasteiger partial charge in [0, 0.05) is 12.3 Å². The molecule has 0 atom stereocenters. The molecule has 2 aromatic rings. The zero-order valence-electron chi connectivity index (χ0n) is 10.1. The van der Waals surface area contributed by atoms with Gasteiger partial charge in [-0.1, -0.05) is 6.07 Å². The average molecular weight is 275 g/mol. The number of nitrogens with zero attached hydrogens (tertiary/aromatic N) is 3. The van der Waals surface area contributed by atoms with E-state index in [-0.39, 0.29) is 12.2 Å². The number of aromatic nitrogens is 2. The first-order valence-corrected chi connectivity index (χ1v) is 5.51. The van der Waals surface area contributed by atoms with Crippen LogP contribution in [0.4, 0.5) is 5.69 Å². The Hall–Kier alpha value is -3.03. The second kappa shape index (κ2) is 5.31. The molecule has 0 radical (unpaired) electrons. The minimum atomic E-state index is -1.15. The van der Waals surface area contributed by atoms with Gasteiger partial charge in [-0.2, -0.15) is 0 Å². The number of carboxylic acid groups (broad SMARTS) is 1. The van der Waals surface area contributed by atoms with Crippen molar-refractivity contribution in [1.29, 1.82) is 0 Å². The Balaban J connectivity index is 2.33. The van der Waals surface area contributed by atoms with Crippen LogP contribution < -0.4 is 5.43 Å². The quantitative estimate of drug-likeness (QED) is 0.654. The molecule has 0 unspecified atom stereocenters. The van der Waals surface area contributed by atoms with Crippen LogP contribution in [0.1, 0.15) is 16.2 Å². The molecule has 0 fully saturated rings. The predicted octanol–water partition coefficient (Wildman–Crippen LogP) is 0.898. The highest BCUT2D eigenvalue weighted by molar-refractivity contribution is 5.85. The van der Waals surface area contributed by atoms with Crippen molar-refractivity contribution in [1.82, 2.24) is 9.55 Å². The van der Waals surface area contributed by atoms with Gasteiger partial charge < -0.3 is 9.67 Å². The molecule has 1 N–H and O–H groups in total. The van der Waals surface area contributed by atoms with Gasteiger partial charge in [-0.3, -0.25) is 14.9 Å². The molecule has 8 nitrogen and oxygen atoms in total. The number of nitro groups is 1. The van der Waals surface area contributed by atoms with E-state index in [9.17, 15) is 19.7 Å².